The molecule has 0 aliphatic rings. The lowest BCUT2D eigenvalue weighted by atomic mass is 9.90. The summed E-state index contributed by atoms with van der Waals surface area (Å²) in [5.41, 5.74) is 6.63. The summed E-state index contributed by atoms with van der Waals surface area (Å²) >= 11 is 0. The van der Waals surface area contributed by atoms with Crippen LogP contribution in [0.1, 0.15) is 68.1 Å². The fourth-order valence-corrected chi connectivity index (χ4v) is 7.99. The SMILES string of the molecule is C=Cc1ccc(OC)cc1-c1cc(-c2ccc(C(=O)OCc3c(C)cccc3C)cc2)c2c(c1)c(C(=O)[O-])c1ccccc1[n+]2C(CCC)S(=O)(=O)O. The molecule has 1 N–H and O–H groups in total. The summed E-state index contributed by atoms with van der Waals surface area (Å²) in [6.07, 6.45) is 2.11. The maximum absolute atomic E-state index is 13.2. The van der Waals surface area contributed by atoms with Crippen LogP contribution in [0.2, 0.25) is 0 Å². The molecule has 0 saturated heterocycles. The number of carbonyl (C=O) groups is 2. The van der Waals surface area contributed by atoms with Gasteiger partial charge in [0.25, 0.3) is 5.37 Å². The van der Waals surface area contributed by atoms with Crippen molar-refractivity contribution in [1.29, 1.82) is 0 Å². The van der Waals surface area contributed by atoms with Gasteiger partial charge in [0.05, 0.1) is 35.0 Å². The molecule has 6 aromatic rings. The van der Waals surface area contributed by atoms with Crippen molar-refractivity contribution in [3.63, 3.8) is 0 Å². The number of benzene rings is 5. The minimum absolute atomic E-state index is 0.0378. The molecule has 0 fully saturated rings. The average Bonchev–Trinajstić information content (AvgIpc) is 3.14. The van der Waals surface area contributed by atoms with Gasteiger partial charge in [-0.05, 0) is 102 Å². The van der Waals surface area contributed by atoms with Gasteiger partial charge in [-0.1, -0.05) is 68.1 Å². The maximum atomic E-state index is 13.2. The van der Waals surface area contributed by atoms with Crippen LogP contribution in [0.25, 0.3) is 50.1 Å². The molecule has 0 saturated carbocycles. The first-order chi connectivity index (χ1) is 25.4. The third-order valence-corrected chi connectivity index (χ3v) is 10.8. The first-order valence-corrected chi connectivity index (χ1v) is 18.6. The number of carbonyl (C=O) groups excluding carboxylic acids is 2. The average molecular weight is 730 g/mol. The van der Waals surface area contributed by atoms with E-state index in [4.69, 9.17) is 9.47 Å². The quantitative estimate of drug-likeness (QED) is 0.0584. The summed E-state index contributed by atoms with van der Waals surface area (Å²) in [7, 11) is -3.18. The van der Waals surface area contributed by atoms with Crippen LogP contribution < -0.4 is 14.4 Å². The van der Waals surface area contributed by atoms with Crippen LogP contribution in [0.3, 0.4) is 0 Å². The molecule has 53 heavy (non-hydrogen) atoms. The first kappa shape index (κ1) is 36.9. The Morgan fingerprint density at radius 3 is 2.21 bits per heavy atom. The Labute approximate surface area is 308 Å². The van der Waals surface area contributed by atoms with E-state index in [-0.39, 0.29) is 46.0 Å². The zero-order valence-electron chi connectivity index (χ0n) is 29.9. The van der Waals surface area contributed by atoms with Crippen LogP contribution in [0.15, 0.2) is 104 Å². The number of pyridine rings is 1. The summed E-state index contributed by atoms with van der Waals surface area (Å²) in [5, 5.41) is 12.1. The lowest BCUT2D eigenvalue weighted by Gasteiger charge is -2.20. The fraction of sp³-hybridized carbons (Fsp3) is 0.186. The molecule has 0 amide bonds. The van der Waals surface area contributed by atoms with Gasteiger partial charge in [-0.15, -0.1) is 0 Å². The van der Waals surface area contributed by atoms with E-state index in [2.05, 4.69) is 6.58 Å². The van der Waals surface area contributed by atoms with Gasteiger partial charge < -0.3 is 19.4 Å². The lowest BCUT2D eigenvalue weighted by molar-refractivity contribution is -0.651. The van der Waals surface area contributed by atoms with Gasteiger partial charge in [0.15, 0.2) is 0 Å². The van der Waals surface area contributed by atoms with Gasteiger partial charge in [-0.3, -0.25) is 4.55 Å². The normalized spacial score (nSPS) is 12.1. The topological polar surface area (TPSA) is 134 Å². The number of methoxy groups -OCH3 is 1. The Hall–Kier alpha value is -5.84. The van der Waals surface area contributed by atoms with Crippen LogP contribution in [0.4, 0.5) is 0 Å². The van der Waals surface area contributed by atoms with Crippen molar-refractivity contribution in [2.24, 2.45) is 0 Å². The second-order valence-electron chi connectivity index (χ2n) is 12.9. The van der Waals surface area contributed by atoms with Gasteiger partial charge in [0.2, 0.25) is 11.0 Å². The molecule has 9 nitrogen and oxygen atoms in total. The number of aryl methyl sites for hydroxylation is 2. The lowest BCUT2D eigenvalue weighted by Crippen LogP contribution is -2.46. The second kappa shape index (κ2) is 15.0. The number of aromatic carboxylic acids is 1. The Kier molecular flexibility index (Phi) is 10.5. The second-order valence-corrected chi connectivity index (χ2v) is 14.5. The van der Waals surface area contributed by atoms with Gasteiger partial charge in [0.1, 0.15) is 12.4 Å². The van der Waals surface area contributed by atoms with E-state index in [0.29, 0.717) is 34.4 Å². The molecule has 0 bridgehead atoms. The summed E-state index contributed by atoms with van der Waals surface area (Å²) in [4.78, 5) is 26.4. The van der Waals surface area contributed by atoms with Crippen LogP contribution in [0.5, 0.6) is 5.75 Å². The number of carboxylic acids is 1. The summed E-state index contributed by atoms with van der Waals surface area (Å²) in [5.74, 6) is -1.43. The Morgan fingerprint density at radius 1 is 0.887 bits per heavy atom. The van der Waals surface area contributed by atoms with Crippen LogP contribution in [0, 0.1) is 13.8 Å². The van der Waals surface area contributed by atoms with Crippen LogP contribution in [-0.4, -0.2) is 32.0 Å². The first-order valence-electron chi connectivity index (χ1n) is 17.1. The van der Waals surface area contributed by atoms with E-state index < -0.39 is 27.4 Å². The number of rotatable bonds is 12. The number of esters is 1. The molecule has 10 heteroatoms. The zero-order chi connectivity index (χ0) is 38.0. The van der Waals surface area contributed by atoms with Crippen molar-refractivity contribution < 1.29 is 41.7 Å². The Bertz CT molecular complexity index is 2500. The van der Waals surface area contributed by atoms with Crippen LogP contribution >= 0.6 is 0 Å². The van der Waals surface area contributed by atoms with Crippen molar-refractivity contribution in [3.05, 3.63) is 137 Å². The molecule has 1 heterocycles. The molecule has 1 atom stereocenters. The van der Waals surface area contributed by atoms with E-state index in [1.807, 2.05) is 50.2 Å². The molecule has 6 rings (SSSR count). The van der Waals surface area contributed by atoms with E-state index in [1.54, 1.807) is 80.8 Å². The number of hydrogen-bond acceptors (Lipinski definition) is 7. The zero-order valence-corrected chi connectivity index (χ0v) is 30.7. The van der Waals surface area contributed by atoms with Crippen molar-refractivity contribution in [3.8, 4) is 28.0 Å². The van der Waals surface area contributed by atoms with Gasteiger partial charge in [-0.25, -0.2) is 4.79 Å². The van der Waals surface area contributed by atoms with E-state index in [0.717, 1.165) is 22.3 Å². The third-order valence-electron chi connectivity index (χ3n) is 9.64. The van der Waals surface area contributed by atoms with E-state index in [9.17, 15) is 27.7 Å². The standard InChI is InChI=1S/C43H39NO8S/c1-6-11-39(53(48,49)50)44-38-15-9-8-14-33(38)40(42(45)46)36-23-31(34-24-32(51-5)21-20-28(34)7-2)22-35(41(36)44)29-16-18-30(19-17-29)43(47)52-25-37-26(3)12-10-13-27(37)4/h7-10,12-24,39H,2,6,11,25H2,1,3-5H3,(H-,45,46,48,49,50). The van der Waals surface area contributed by atoms with Gasteiger partial charge >= 0.3 is 16.1 Å². The summed E-state index contributed by atoms with van der Waals surface area (Å²) in [6.45, 7) is 9.79. The Balaban J connectivity index is 1.66. The fourth-order valence-electron chi connectivity index (χ4n) is 6.97. The minimum atomic E-state index is -4.72. The number of fused-ring (bicyclic) bond motifs is 2. The molecule has 5 aromatic carbocycles. The van der Waals surface area contributed by atoms with Crippen LogP contribution in [-0.2, 0) is 21.5 Å². The van der Waals surface area contributed by atoms with Crippen molar-refractivity contribution in [2.75, 3.05) is 7.11 Å². The highest BCUT2D eigenvalue weighted by molar-refractivity contribution is 7.85. The van der Waals surface area contributed by atoms with Gasteiger partial charge in [0, 0.05) is 18.1 Å². The highest BCUT2D eigenvalue weighted by Crippen LogP contribution is 2.40. The number of aromatic nitrogens is 1. The Morgan fingerprint density at radius 2 is 1.58 bits per heavy atom. The number of hydrogen-bond donors (Lipinski definition) is 1. The van der Waals surface area contributed by atoms with E-state index in [1.165, 1.54) is 4.57 Å². The third kappa shape index (κ3) is 7.16. The highest BCUT2D eigenvalue weighted by atomic mass is 32.2. The highest BCUT2D eigenvalue weighted by Gasteiger charge is 2.38. The molecule has 1 unspecified atom stereocenters. The summed E-state index contributed by atoms with van der Waals surface area (Å²) < 4.78 is 49.8. The number of carboxylic acid groups (broad SMARTS) is 1. The molecule has 0 radical (unpaired) electrons. The summed E-state index contributed by atoms with van der Waals surface area (Å²) in [6, 6.07) is 28.0. The molecular weight excluding hydrogens is 691 g/mol. The van der Waals surface area contributed by atoms with Crippen molar-refractivity contribution in [1.82, 2.24) is 0 Å². The van der Waals surface area contributed by atoms with Crippen molar-refractivity contribution in [2.45, 2.75) is 45.6 Å². The van der Waals surface area contributed by atoms with Crippen molar-refractivity contribution >= 4 is 49.9 Å². The largest absolute Gasteiger partial charge is 0.545 e. The molecule has 0 aliphatic heterocycles. The number of para-hydroxylation sites is 1. The molecule has 270 valence electrons. The monoisotopic (exact) mass is 729 g/mol. The predicted molar refractivity (Wildman–Crippen MR) is 204 cm³/mol. The predicted octanol–water partition coefficient (Wildman–Crippen LogP) is 7.79. The van der Waals surface area contributed by atoms with Gasteiger partial charge in [-0.2, -0.15) is 13.0 Å². The number of ether oxygens (including phenoxy) is 2. The smallest absolute Gasteiger partial charge is 0.338 e. The molecule has 0 spiro atoms. The molecular formula is C43H39NO8S. The van der Waals surface area contributed by atoms with E-state index >= 15 is 0 Å². The number of nitrogens with zero attached hydrogens (tertiary/aromatic N) is 1. The minimum Gasteiger partial charge on any atom is -0.545 e. The molecule has 1 aromatic heterocycles. The molecule has 0 aliphatic carbocycles. The maximum Gasteiger partial charge on any atom is 0.338 e.